The minimum atomic E-state index is -7.53. The molecule has 0 aromatic rings. The molecule has 164 valence electrons. The molecule has 0 unspecified atom stereocenters. The maximum Gasteiger partial charge on any atom is 0.392 e. The fraction of sp³-hybridized carbons (Fsp3) is 1.00. The summed E-state index contributed by atoms with van der Waals surface area (Å²) >= 11 is 0. The summed E-state index contributed by atoms with van der Waals surface area (Å²) in [6.07, 6.45) is -14.3. The summed E-state index contributed by atoms with van der Waals surface area (Å²) in [4.78, 5) is -1.23. The molecule has 0 aromatic heterocycles. The van der Waals surface area contributed by atoms with Crippen LogP contribution in [0.3, 0.4) is 0 Å². The number of likely N-dealkylation sites (N-methyl/N-ethyl adjacent to an activating group) is 1. The van der Waals surface area contributed by atoms with Gasteiger partial charge in [0.15, 0.2) is 6.29 Å². The van der Waals surface area contributed by atoms with Crippen LogP contribution in [0.5, 0.6) is 0 Å². The third-order valence-corrected chi connectivity index (χ3v) is 3.26. The van der Waals surface area contributed by atoms with E-state index < -0.39 is 66.5 Å². The lowest BCUT2D eigenvalue weighted by Crippen LogP contribution is -2.70. The summed E-state index contributed by atoms with van der Waals surface area (Å²) < 4.78 is 169. The van der Waals surface area contributed by atoms with Gasteiger partial charge in [-0.05, 0) is 7.05 Å². The van der Waals surface area contributed by atoms with E-state index in [2.05, 4.69) is 0 Å². The summed E-state index contributed by atoms with van der Waals surface area (Å²) in [5.41, 5.74) is 0. The number of aliphatic hydroxyl groups excluding tert-OH is 1. The van der Waals surface area contributed by atoms with E-state index in [-0.39, 0.29) is 7.05 Å². The summed E-state index contributed by atoms with van der Waals surface area (Å²) in [5.74, 6) is -28.6. The lowest BCUT2D eigenvalue weighted by atomic mass is 9.94. The Morgan fingerprint density at radius 3 is 1.41 bits per heavy atom. The Hall–Kier alpha value is -1.03. The Morgan fingerprint density at radius 2 is 1.07 bits per heavy atom. The van der Waals surface area contributed by atoms with Crippen LogP contribution in [0.1, 0.15) is 12.8 Å². The highest BCUT2D eigenvalue weighted by Gasteiger charge is 2.86. The van der Waals surface area contributed by atoms with Crippen LogP contribution in [-0.2, 0) is 0 Å². The SMILES string of the molecule is CN(CC(O)O)C(F)(F)C(F)(F)C(F)(F)C(F)(F)C(F)(F)CCC(F)(F)F. The second-order valence-electron chi connectivity index (χ2n) is 5.45. The third kappa shape index (κ3) is 4.88. The lowest BCUT2D eigenvalue weighted by molar-refractivity contribution is -0.422. The number of alkyl halides is 13. The molecule has 0 aromatic carbocycles. The minimum absolute atomic E-state index is 0.149. The predicted molar refractivity (Wildman–Crippen MR) is 60.9 cm³/mol. The van der Waals surface area contributed by atoms with Gasteiger partial charge in [-0.3, -0.25) is 0 Å². The number of nitrogens with zero attached hydrogens (tertiary/aromatic N) is 1. The molecule has 16 heteroatoms. The topological polar surface area (TPSA) is 43.7 Å². The highest BCUT2D eigenvalue weighted by Crippen LogP contribution is 2.58. The Bertz CT molecular complexity index is 503. The second kappa shape index (κ2) is 7.42. The summed E-state index contributed by atoms with van der Waals surface area (Å²) in [5, 5.41) is 16.7. The lowest BCUT2D eigenvalue weighted by Gasteiger charge is -2.42. The van der Waals surface area contributed by atoms with Gasteiger partial charge in [0, 0.05) is 12.8 Å². The number of aliphatic hydroxyl groups is 2. The van der Waals surface area contributed by atoms with E-state index in [9.17, 15) is 57.1 Å². The quantitative estimate of drug-likeness (QED) is 0.329. The van der Waals surface area contributed by atoms with E-state index in [1.807, 2.05) is 0 Å². The molecule has 0 rings (SSSR count). The first-order valence-electron chi connectivity index (χ1n) is 6.58. The standard InChI is InChI=1S/C11H12F13NO2/c1-25(4-5(26)27)11(23,24)10(21,22)9(19,20)8(17,18)6(12,13)2-3-7(14,15)16/h5,26-27H,2-4H2,1H3. The molecular formula is C11H12F13NO2. The molecule has 0 fully saturated rings. The number of hydrogen-bond acceptors (Lipinski definition) is 3. The van der Waals surface area contributed by atoms with Crippen molar-refractivity contribution in [3.05, 3.63) is 0 Å². The van der Waals surface area contributed by atoms with Crippen molar-refractivity contribution in [2.45, 2.75) is 55.0 Å². The van der Waals surface area contributed by atoms with Crippen LogP contribution in [0.2, 0.25) is 0 Å². The van der Waals surface area contributed by atoms with Crippen LogP contribution < -0.4 is 0 Å². The van der Waals surface area contributed by atoms with Crippen molar-refractivity contribution in [3.63, 3.8) is 0 Å². The Morgan fingerprint density at radius 1 is 0.667 bits per heavy atom. The number of hydrogen-bond donors (Lipinski definition) is 2. The molecule has 0 spiro atoms. The van der Waals surface area contributed by atoms with Gasteiger partial charge in [0.2, 0.25) is 0 Å². The molecule has 0 bridgehead atoms. The molecule has 0 aliphatic carbocycles. The van der Waals surface area contributed by atoms with Crippen molar-refractivity contribution in [3.8, 4) is 0 Å². The molecule has 0 saturated heterocycles. The van der Waals surface area contributed by atoms with Crippen LogP contribution in [-0.4, -0.2) is 70.9 Å². The van der Waals surface area contributed by atoms with Gasteiger partial charge in [-0.25, -0.2) is 4.90 Å². The van der Waals surface area contributed by atoms with Crippen LogP contribution >= 0.6 is 0 Å². The Labute approximate surface area is 142 Å². The van der Waals surface area contributed by atoms with E-state index in [0.717, 1.165) is 0 Å². The highest BCUT2D eigenvalue weighted by atomic mass is 19.4. The molecule has 27 heavy (non-hydrogen) atoms. The van der Waals surface area contributed by atoms with Gasteiger partial charge in [-0.1, -0.05) is 0 Å². The van der Waals surface area contributed by atoms with Gasteiger partial charge in [0.1, 0.15) is 0 Å². The second-order valence-corrected chi connectivity index (χ2v) is 5.45. The highest BCUT2D eigenvalue weighted by molar-refractivity contribution is 5.08. The van der Waals surface area contributed by atoms with E-state index in [1.165, 1.54) is 0 Å². The van der Waals surface area contributed by atoms with E-state index >= 15 is 0 Å². The van der Waals surface area contributed by atoms with E-state index in [0.29, 0.717) is 0 Å². The van der Waals surface area contributed by atoms with Crippen molar-refractivity contribution >= 4 is 0 Å². The first kappa shape index (κ1) is 26.0. The summed E-state index contributed by atoms with van der Waals surface area (Å²) in [6.45, 7) is -1.89. The first-order chi connectivity index (χ1) is 11.5. The summed E-state index contributed by atoms with van der Waals surface area (Å²) in [6, 6.07) is -6.33. The zero-order chi connectivity index (χ0) is 22.3. The maximum absolute atomic E-state index is 13.5. The molecule has 2 N–H and O–H groups in total. The van der Waals surface area contributed by atoms with E-state index in [4.69, 9.17) is 10.2 Å². The Kier molecular flexibility index (Phi) is 7.14. The van der Waals surface area contributed by atoms with Crippen molar-refractivity contribution < 1.29 is 67.3 Å². The minimum Gasteiger partial charge on any atom is -0.367 e. The van der Waals surface area contributed by atoms with Crippen LogP contribution in [0.25, 0.3) is 0 Å². The van der Waals surface area contributed by atoms with Gasteiger partial charge in [0.05, 0.1) is 6.54 Å². The average Bonchev–Trinajstić information content (AvgIpc) is 2.42. The normalized spacial score (nSPS) is 15.8. The first-order valence-corrected chi connectivity index (χ1v) is 6.58. The van der Waals surface area contributed by atoms with Crippen LogP contribution in [0.15, 0.2) is 0 Å². The Balaban J connectivity index is 5.96. The molecule has 0 aliphatic heterocycles. The molecule has 0 saturated carbocycles. The zero-order valence-corrected chi connectivity index (χ0v) is 13.0. The van der Waals surface area contributed by atoms with Gasteiger partial charge in [0.25, 0.3) is 0 Å². The maximum atomic E-state index is 13.5. The van der Waals surface area contributed by atoms with Crippen LogP contribution in [0.4, 0.5) is 57.1 Å². The van der Waals surface area contributed by atoms with Gasteiger partial charge in [-0.2, -0.15) is 57.1 Å². The molecule has 0 aliphatic rings. The molecule has 0 heterocycles. The van der Waals surface area contributed by atoms with Crippen molar-refractivity contribution in [2.75, 3.05) is 13.6 Å². The fourth-order valence-electron chi connectivity index (χ4n) is 1.67. The van der Waals surface area contributed by atoms with Crippen molar-refractivity contribution in [1.29, 1.82) is 0 Å². The van der Waals surface area contributed by atoms with Crippen molar-refractivity contribution in [2.24, 2.45) is 0 Å². The molecule has 0 atom stereocenters. The molecule has 0 amide bonds. The summed E-state index contributed by atoms with van der Waals surface area (Å²) in [7, 11) is -0.149. The van der Waals surface area contributed by atoms with Gasteiger partial charge < -0.3 is 10.2 Å². The third-order valence-electron chi connectivity index (χ3n) is 3.26. The van der Waals surface area contributed by atoms with Crippen LogP contribution in [0, 0.1) is 0 Å². The van der Waals surface area contributed by atoms with E-state index in [1.54, 1.807) is 0 Å². The fourth-order valence-corrected chi connectivity index (χ4v) is 1.67. The average molecular weight is 437 g/mol. The van der Waals surface area contributed by atoms with Gasteiger partial charge >= 0.3 is 35.9 Å². The monoisotopic (exact) mass is 437 g/mol. The van der Waals surface area contributed by atoms with Gasteiger partial charge in [-0.15, -0.1) is 0 Å². The molecule has 3 nitrogen and oxygen atoms in total. The molecular weight excluding hydrogens is 425 g/mol. The number of rotatable bonds is 9. The zero-order valence-electron chi connectivity index (χ0n) is 13.0. The number of halogens is 13. The van der Waals surface area contributed by atoms with Crippen molar-refractivity contribution in [1.82, 2.24) is 4.90 Å². The smallest absolute Gasteiger partial charge is 0.367 e. The predicted octanol–water partition coefficient (Wildman–Crippen LogP) is 3.71. The largest absolute Gasteiger partial charge is 0.392 e. The molecule has 0 radical (unpaired) electrons.